The minimum Gasteiger partial charge on any atom is -0.351 e. The largest absolute Gasteiger partial charge is 0.351 e. The molecule has 1 aliphatic carbocycles. The molecular formula is C18H21N3O2S. The molecule has 0 radical (unpaired) electrons. The standard InChI is InChI=1S/C18H21N3O2S/c19-9-10-20-17(22)14-4-1-2-6-15(14)21-18(23)13-5-3-7-16-12(13)8-11-24-16/h1-2,4,6,8,11,13H,3,5,7,9-10,19H2,(H,20,22)(H,21,23). The lowest BCUT2D eigenvalue weighted by Gasteiger charge is -2.22. The van der Waals surface area contributed by atoms with E-state index in [0.29, 0.717) is 24.3 Å². The molecule has 1 atom stereocenters. The Labute approximate surface area is 145 Å². The van der Waals surface area contributed by atoms with E-state index in [1.54, 1.807) is 29.5 Å². The predicted octanol–water partition coefficient (Wildman–Crippen LogP) is 2.50. The second-order valence-electron chi connectivity index (χ2n) is 5.82. The number of nitrogens with one attached hydrogen (secondary N) is 2. The number of carbonyl (C=O) groups excluding carboxylic acids is 2. The third-order valence-corrected chi connectivity index (χ3v) is 5.22. The van der Waals surface area contributed by atoms with E-state index < -0.39 is 0 Å². The molecule has 1 aliphatic rings. The monoisotopic (exact) mass is 343 g/mol. The van der Waals surface area contributed by atoms with Gasteiger partial charge < -0.3 is 16.4 Å². The molecule has 24 heavy (non-hydrogen) atoms. The fourth-order valence-corrected chi connectivity index (χ4v) is 4.04. The summed E-state index contributed by atoms with van der Waals surface area (Å²) in [4.78, 5) is 26.3. The molecule has 2 aromatic rings. The second-order valence-corrected chi connectivity index (χ2v) is 6.82. The molecule has 1 aromatic heterocycles. The Kier molecular flexibility index (Phi) is 5.27. The van der Waals surface area contributed by atoms with Crippen LogP contribution in [0.3, 0.4) is 0 Å². The van der Waals surface area contributed by atoms with Crippen molar-refractivity contribution in [2.24, 2.45) is 5.73 Å². The Morgan fingerprint density at radius 2 is 2.08 bits per heavy atom. The summed E-state index contributed by atoms with van der Waals surface area (Å²) in [5.74, 6) is -0.412. The van der Waals surface area contributed by atoms with Gasteiger partial charge in [0, 0.05) is 18.0 Å². The summed E-state index contributed by atoms with van der Waals surface area (Å²) < 4.78 is 0. The number of fused-ring (bicyclic) bond motifs is 1. The number of hydrogen-bond acceptors (Lipinski definition) is 4. The van der Waals surface area contributed by atoms with Crippen LogP contribution in [0.25, 0.3) is 0 Å². The van der Waals surface area contributed by atoms with Crippen LogP contribution in [0.15, 0.2) is 35.7 Å². The van der Waals surface area contributed by atoms with Crippen LogP contribution in [0.1, 0.15) is 39.6 Å². The van der Waals surface area contributed by atoms with Crippen LogP contribution in [-0.4, -0.2) is 24.9 Å². The Balaban J connectivity index is 1.77. The molecule has 0 spiro atoms. The zero-order chi connectivity index (χ0) is 16.9. The smallest absolute Gasteiger partial charge is 0.253 e. The van der Waals surface area contributed by atoms with Crippen molar-refractivity contribution in [3.63, 3.8) is 0 Å². The number of para-hydroxylation sites is 1. The number of aryl methyl sites for hydroxylation is 1. The third-order valence-electron chi connectivity index (χ3n) is 4.23. The maximum atomic E-state index is 12.8. The zero-order valence-corrected chi connectivity index (χ0v) is 14.2. The van der Waals surface area contributed by atoms with Crippen LogP contribution in [0.4, 0.5) is 5.69 Å². The zero-order valence-electron chi connectivity index (χ0n) is 13.4. The number of nitrogens with two attached hydrogens (primary N) is 1. The molecule has 0 fully saturated rings. The topological polar surface area (TPSA) is 84.2 Å². The number of thiophene rings is 1. The summed E-state index contributed by atoms with van der Waals surface area (Å²) in [5, 5.41) is 7.73. The first-order valence-electron chi connectivity index (χ1n) is 8.15. The maximum absolute atomic E-state index is 12.8. The van der Waals surface area contributed by atoms with Crippen molar-refractivity contribution in [3.05, 3.63) is 51.7 Å². The SMILES string of the molecule is NCCNC(=O)c1ccccc1NC(=O)C1CCCc2sccc21. The van der Waals surface area contributed by atoms with Crippen molar-refractivity contribution >= 4 is 28.8 Å². The van der Waals surface area contributed by atoms with Crippen LogP contribution in [0, 0.1) is 0 Å². The highest BCUT2D eigenvalue weighted by atomic mass is 32.1. The Morgan fingerprint density at radius 3 is 2.92 bits per heavy atom. The molecule has 0 aliphatic heterocycles. The van der Waals surface area contributed by atoms with Gasteiger partial charge in [-0.2, -0.15) is 0 Å². The van der Waals surface area contributed by atoms with Crippen molar-refractivity contribution in [2.75, 3.05) is 18.4 Å². The van der Waals surface area contributed by atoms with E-state index in [1.165, 1.54) is 4.88 Å². The number of anilines is 1. The van der Waals surface area contributed by atoms with Crippen molar-refractivity contribution in [1.29, 1.82) is 0 Å². The molecule has 4 N–H and O–H groups in total. The first kappa shape index (κ1) is 16.7. The minimum absolute atomic E-state index is 0.0478. The molecule has 6 heteroatoms. The van der Waals surface area contributed by atoms with E-state index in [0.717, 1.165) is 24.8 Å². The summed E-state index contributed by atoms with van der Waals surface area (Å²) in [6.07, 6.45) is 2.91. The van der Waals surface area contributed by atoms with Gasteiger partial charge >= 0.3 is 0 Å². The molecule has 126 valence electrons. The summed E-state index contributed by atoms with van der Waals surface area (Å²) in [5.41, 5.74) is 7.56. The number of rotatable bonds is 5. The molecule has 1 unspecified atom stereocenters. The average molecular weight is 343 g/mol. The van der Waals surface area contributed by atoms with Crippen LogP contribution in [-0.2, 0) is 11.2 Å². The number of carbonyl (C=O) groups is 2. The molecule has 2 amide bonds. The average Bonchev–Trinajstić information content (AvgIpc) is 3.08. The van der Waals surface area contributed by atoms with Crippen LogP contribution in [0.5, 0.6) is 0 Å². The van der Waals surface area contributed by atoms with E-state index in [9.17, 15) is 9.59 Å². The van der Waals surface area contributed by atoms with Gasteiger partial charge in [0.05, 0.1) is 17.2 Å². The molecule has 0 saturated heterocycles. The van der Waals surface area contributed by atoms with E-state index >= 15 is 0 Å². The highest BCUT2D eigenvalue weighted by Gasteiger charge is 2.28. The predicted molar refractivity (Wildman–Crippen MR) is 96.5 cm³/mol. The van der Waals surface area contributed by atoms with Crippen LogP contribution in [0.2, 0.25) is 0 Å². The van der Waals surface area contributed by atoms with E-state index in [2.05, 4.69) is 10.6 Å². The first-order valence-corrected chi connectivity index (χ1v) is 9.03. The lowest BCUT2D eigenvalue weighted by Crippen LogP contribution is -2.30. The van der Waals surface area contributed by atoms with Gasteiger partial charge in [-0.15, -0.1) is 11.3 Å². The number of hydrogen-bond donors (Lipinski definition) is 3. The molecule has 1 aromatic carbocycles. The Morgan fingerprint density at radius 1 is 1.25 bits per heavy atom. The highest BCUT2D eigenvalue weighted by Crippen LogP contribution is 2.35. The van der Waals surface area contributed by atoms with Crippen molar-refractivity contribution < 1.29 is 9.59 Å². The summed E-state index contributed by atoms with van der Waals surface area (Å²) in [6, 6.07) is 9.10. The molecule has 0 bridgehead atoms. The normalized spacial score (nSPS) is 16.3. The van der Waals surface area contributed by atoms with Gasteiger partial charge in [0.2, 0.25) is 5.91 Å². The molecule has 3 rings (SSSR count). The summed E-state index contributed by atoms with van der Waals surface area (Å²) >= 11 is 1.71. The lowest BCUT2D eigenvalue weighted by atomic mass is 9.87. The van der Waals surface area contributed by atoms with Crippen molar-refractivity contribution in [2.45, 2.75) is 25.2 Å². The van der Waals surface area contributed by atoms with Gasteiger partial charge in [-0.1, -0.05) is 12.1 Å². The van der Waals surface area contributed by atoms with Crippen molar-refractivity contribution in [1.82, 2.24) is 5.32 Å². The van der Waals surface area contributed by atoms with E-state index in [4.69, 9.17) is 5.73 Å². The molecule has 5 nitrogen and oxygen atoms in total. The van der Waals surface area contributed by atoms with E-state index in [1.807, 2.05) is 17.5 Å². The van der Waals surface area contributed by atoms with E-state index in [-0.39, 0.29) is 17.7 Å². The summed E-state index contributed by atoms with van der Waals surface area (Å²) in [7, 11) is 0. The maximum Gasteiger partial charge on any atom is 0.253 e. The third kappa shape index (κ3) is 3.49. The van der Waals surface area contributed by atoms with Gasteiger partial charge in [0.25, 0.3) is 5.91 Å². The Bertz CT molecular complexity index is 741. The van der Waals surface area contributed by atoms with Crippen molar-refractivity contribution in [3.8, 4) is 0 Å². The van der Waals surface area contributed by atoms with Gasteiger partial charge in [-0.05, 0) is 48.4 Å². The first-order chi connectivity index (χ1) is 11.7. The molecule has 1 heterocycles. The van der Waals surface area contributed by atoms with Gasteiger partial charge in [-0.3, -0.25) is 9.59 Å². The quantitative estimate of drug-likeness (QED) is 0.780. The van der Waals surface area contributed by atoms with Gasteiger partial charge in [0.1, 0.15) is 0 Å². The van der Waals surface area contributed by atoms with Crippen LogP contribution < -0.4 is 16.4 Å². The summed E-state index contributed by atoms with van der Waals surface area (Å²) in [6.45, 7) is 0.783. The second kappa shape index (κ2) is 7.59. The fraction of sp³-hybridized carbons (Fsp3) is 0.333. The Hall–Kier alpha value is -2.18. The number of amides is 2. The molecule has 0 saturated carbocycles. The van der Waals surface area contributed by atoms with Gasteiger partial charge in [0.15, 0.2) is 0 Å². The lowest BCUT2D eigenvalue weighted by molar-refractivity contribution is -0.117. The fourth-order valence-electron chi connectivity index (χ4n) is 3.05. The minimum atomic E-state index is -0.226. The highest BCUT2D eigenvalue weighted by molar-refractivity contribution is 7.10. The van der Waals surface area contributed by atoms with Crippen LogP contribution >= 0.6 is 11.3 Å². The number of benzene rings is 1. The molecular weight excluding hydrogens is 322 g/mol. The van der Waals surface area contributed by atoms with Gasteiger partial charge in [-0.25, -0.2) is 0 Å².